The van der Waals surface area contributed by atoms with Crippen molar-refractivity contribution >= 4 is 11.9 Å². The summed E-state index contributed by atoms with van der Waals surface area (Å²) in [5.41, 5.74) is 5.69. The molecule has 0 radical (unpaired) electrons. The standard InChI is InChI=1S/C11H23N5O2/c1-3-14-11(18)15-10(17)8(2)16-5-4-13-7-9(16)6-12/h8-9,13H,3-7,12H2,1-2H3,(H2,14,15,17,18). The van der Waals surface area contributed by atoms with Crippen LogP contribution in [0, 0.1) is 0 Å². The van der Waals surface area contributed by atoms with Crippen LogP contribution in [0.5, 0.6) is 0 Å². The Bertz CT molecular complexity index is 297. The number of nitrogens with zero attached hydrogens (tertiary/aromatic N) is 1. The van der Waals surface area contributed by atoms with Gasteiger partial charge < -0.3 is 16.4 Å². The van der Waals surface area contributed by atoms with Gasteiger partial charge in [-0.15, -0.1) is 0 Å². The van der Waals surface area contributed by atoms with Crippen molar-refractivity contribution in [3.63, 3.8) is 0 Å². The molecule has 104 valence electrons. The molecule has 1 aliphatic rings. The fraction of sp³-hybridized carbons (Fsp3) is 0.818. The van der Waals surface area contributed by atoms with Crippen molar-refractivity contribution in [1.82, 2.24) is 20.9 Å². The van der Waals surface area contributed by atoms with Crippen molar-refractivity contribution in [2.24, 2.45) is 5.73 Å². The molecular weight excluding hydrogens is 234 g/mol. The molecule has 1 fully saturated rings. The van der Waals surface area contributed by atoms with Crippen LogP contribution in [-0.4, -0.2) is 61.6 Å². The van der Waals surface area contributed by atoms with Gasteiger partial charge >= 0.3 is 6.03 Å². The summed E-state index contributed by atoms with van der Waals surface area (Å²) in [6, 6.07) is -0.675. The monoisotopic (exact) mass is 257 g/mol. The quantitative estimate of drug-likeness (QED) is 0.489. The molecule has 0 aromatic carbocycles. The van der Waals surface area contributed by atoms with E-state index in [4.69, 9.17) is 5.73 Å². The first kappa shape index (κ1) is 14.9. The topological polar surface area (TPSA) is 99.5 Å². The van der Waals surface area contributed by atoms with E-state index < -0.39 is 6.03 Å². The van der Waals surface area contributed by atoms with Gasteiger partial charge in [-0.3, -0.25) is 15.0 Å². The largest absolute Gasteiger partial charge is 0.338 e. The predicted octanol–water partition coefficient (Wildman–Crippen LogP) is -1.55. The lowest BCUT2D eigenvalue weighted by atomic mass is 10.1. The lowest BCUT2D eigenvalue weighted by molar-refractivity contribution is -0.125. The van der Waals surface area contributed by atoms with Gasteiger partial charge in [-0.1, -0.05) is 0 Å². The second-order valence-corrected chi connectivity index (χ2v) is 4.36. The predicted molar refractivity (Wildman–Crippen MR) is 69.1 cm³/mol. The minimum atomic E-state index is -0.450. The zero-order chi connectivity index (χ0) is 13.5. The van der Waals surface area contributed by atoms with Crippen molar-refractivity contribution in [3.05, 3.63) is 0 Å². The number of rotatable bonds is 4. The van der Waals surface area contributed by atoms with E-state index in [2.05, 4.69) is 16.0 Å². The summed E-state index contributed by atoms with van der Waals surface area (Å²) in [6.45, 7) is 6.94. The molecule has 1 aliphatic heterocycles. The zero-order valence-corrected chi connectivity index (χ0v) is 11.0. The number of amides is 3. The molecule has 2 atom stereocenters. The first-order valence-corrected chi connectivity index (χ1v) is 6.35. The number of hydrogen-bond acceptors (Lipinski definition) is 5. The lowest BCUT2D eigenvalue weighted by Crippen LogP contribution is -2.61. The van der Waals surface area contributed by atoms with E-state index >= 15 is 0 Å². The highest BCUT2D eigenvalue weighted by Gasteiger charge is 2.29. The van der Waals surface area contributed by atoms with E-state index in [1.807, 2.05) is 4.90 Å². The molecule has 1 heterocycles. The molecule has 7 heteroatoms. The number of urea groups is 1. The molecule has 18 heavy (non-hydrogen) atoms. The molecular formula is C11H23N5O2. The number of imide groups is 1. The number of carbonyl (C=O) groups is 2. The number of piperazine rings is 1. The van der Waals surface area contributed by atoms with E-state index in [-0.39, 0.29) is 18.0 Å². The van der Waals surface area contributed by atoms with E-state index in [0.29, 0.717) is 13.1 Å². The van der Waals surface area contributed by atoms with Crippen LogP contribution in [0.3, 0.4) is 0 Å². The SMILES string of the molecule is CCNC(=O)NC(=O)C(C)N1CCNCC1CN. The van der Waals surface area contributed by atoms with Crippen molar-refractivity contribution in [3.8, 4) is 0 Å². The fourth-order valence-electron chi connectivity index (χ4n) is 2.08. The molecule has 2 unspecified atom stereocenters. The maximum atomic E-state index is 11.9. The summed E-state index contributed by atoms with van der Waals surface area (Å²) in [7, 11) is 0. The Morgan fingerprint density at radius 3 is 2.89 bits per heavy atom. The number of carbonyl (C=O) groups excluding carboxylic acids is 2. The van der Waals surface area contributed by atoms with Gasteiger partial charge in [0, 0.05) is 38.8 Å². The minimum absolute atomic E-state index is 0.133. The molecule has 0 bridgehead atoms. The minimum Gasteiger partial charge on any atom is -0.338 e. The zero-order valence-electron chi connectivity index (χ0n) is 11.0. The van der Waals surface area contributed by atoms with E-state index in [1.54, 1.807) is 13.8 Å². The average Bonchev–Trinajstić information content (AvgIpc) is 2.38. The van der Waals surface area contributed by atoms with Gasteiger partial charge in [0.15, 0.2) is 0 Å². The van der Waals surface area contributed by atoms with Gasteiger partial charge in [0.25, 0.3) is 0 Å². The molecule has 0 aromatic heterocycles. The molecule has 1 saturated heterocycles. The highest BCUT2D eigenvalue weighted by atomic mass is 16.2. The maximum absolute atomic E-state index is 11.9. The normalized spacial score (nSPS) is 22.3. The summed E-state index contributed by atoms with van der Waals surface area (Å²) >= 11 is 0. The number of hydrogen-bond donors (Lipinski definition) is 4. The summed E-state index contributed by atoms with van der Waals surface area (Å²) in [5, 5.41) is 8.10. The Morgan fingerprint density at radius 1 is 1.56 bits per heavy atom. The Balaban J connectivity index is 2.53. The van der Waals surface area contributed by atoms with Crippen LogP contribution < -0.4 is 21.7 Å². The second kappa shape index (κ2) is 7.30. The van der Waals surface area contributed by atoms with Crippen molar-refractivity contribution in [1.29, 1.82) is 0 Å². The van der Waals surface area contributed by atoms with E-state index in [1.165, 1.54) is 0 Å². The Labute approximate surface area is 107 Å². The van der Waals surface area contributed by atoms with Crippen LogP contribution in [0.25, 0.3) is 0 Å². The first-order valence-electron chi connectivity index (χ1n) is 6.35. The summed E-state index contributed by atoms with van der Waals surface area (Å²) in [4.78, 5) is 25.2. The third-order valence-electron chi connectivity index (χ3n) is 3.12. The molecule has 0 saturated carbocycles. The molecule has 7 nitrogen and oxygen atoms in total. The van der Waals surface area contributed by atoms with Crippen LogP contribution in [0.15, 0.2) is 0 Å². The Kier molecular flexibility index (Phi) is 6.03. The van der Waals surface area contributed by atoms with Crippen molar-refractivity contribution < 1.29 is 9.59 Å². The van der Waals surface area contributed by atoms with Crippen LogP contribution >= 0.6 is 0 Å². The first-order chi connectivity index (χ1) is 8.60. The lowest BCUT2D eigenvalue weighted by Gasteiger charge is -2.38. The van der Waals surface area contributed by atoms with Crippen LogP contribution in [0.1, 0.15) is 13.8 Å². The molecule has 3 amide bonds. The molecule has 1 rings (SSSR count). The van der Waals surface area contributed by atoms with Gasteiger partial charge in [-0.25, -0.2) is 4.79 Å². The van der Waals surface area contributed by atoms with E-state index in [9.17, 15) is 9.59 Å². The van der Waals surface area contributed by atoms with E-state index in [0.717, 1.165) is 19.6 Å². The number of nitrogens with two attached hydrogens (primary N) is 1. The fourth-order valence-corrected chi connectivity index (χ4v) is 2.08. The number of nitrogens with one attached hydrogen (secondary N) is 3. The van der Waals surface area contributed by atoms with Gasteiger partial charge in [-0.2, -0.15) is 0 Å². The summed E-state index contributed by atoms with van der Waals surface area (Å²) in [6.07, 6.45) is 0. The van der Waals surface area contributed by atoms with Crippen LogP contribution in [-0.2, 0) is 4.79 Å². The smallest absolute Gasteiger partial charge is 0.321 e. The Morgan fingerprint density at radius 2 is 2.28 bits per heavy atom. The van der Waals surface area contributed by atoms with Gasteiger partial charge in [0.1, 0.15) is 0 Å². The van der Waals surface area contributed by atoms with Gasteiger partial charge in [0.2, 0.25) is 5.91 Å². The third-order valence-corrected chi connectivity index (χ3v) is 3.12. The van der Waals surface area contributed by atoms with Crippen LogP contribution in [0.4, 0.5) is 4.79 Å². The molecule has 5 N–H and O–H groups in total. The average molecular weight is 257 g/mol. The van der Waals surface area contributed by atoms with Gasteiger partial charge in [-0.05, 0) is 13.8 Å². The summed E-state index contributed by atoms with van der Waals surface area (Å²) in [5.74, 6) is -0.290. The molecule has 0 aromatic rings. The van der Waals surface area contributed by atoms with Crippen molar-refractivity contribution in [2.75, 3.05) is 32.7 Å². The maximum Gasteiger partial charge on any atom is 0.321 e. The van der Waals surface area contributed by atoms with Gasteiger partial charge in [0.05, 0.1) is 6.04 Å². The molecule has 0 aliphatic carbocycles. The molecule has 0 spiro atoms. The summed E-state index contributed by atoms with van der Waals surface area (Å²) < 4.78 is 0. The highest BCUT2D eigenvalue weighted by molar-refractivity contribution is 5.96. The van der Waals surface area contributed by atoms with Crippen LogP contribution in [0.2, 0.25) is 0 Å². The van der Waals surface area contributed by atoms with Crippen molar-refractivity contribution in [2.45, 2.75) is 25.9 Å². The highest BCUT2D eigenvalue weighted by Crippen LogP contribution is 2.07. The second-order valence-electron chi connectivity index (χ2n) is 4.36. The third kappa shape index (κ3) is 3.94. The Hall–Kier alpha value is -1.18.